The summed E-state index contributed by atoms with van der Waals surface area (Å²) >= 11 is 0. The maximum atomic E-state index is 10.9. The molecule has 1 atom stereocenters. The number of aromatic nitrogens is 1. The molecule has 4 nitrogen and oxygen atoms in total. The molecule has 2 aliphatic rings. The van der Waals surface area contributed by atoms with E-state index in [9.17, 15) is 9.90 Å². The van der Waals surface area contributed by atoms with Crippen molar-refractivity contribution in [3.8, 4) is 0 Å². The fourth-order valence-electron chi connectivity index (χ4n) is 3.39. The van der Waals surface area contributed by atoms with Gasteiger partial charge in [-0.15, -0.1) is 0 Å². The van der Waals surface area contributed by atoms with E-state index in [1.165, 1.54) is 5.56 Å². The molecular formula is C14H17NO3. The summed E-state index contributed by atoms with van der Waals surface area (Å²) in [6.45, 7) is 0. The molecule has 1 aromatic heterocycles. The number of carboxylic acid groups (broad SMARTS) is 1. The quantitative estimate of drug-likeness (QED) is 0.835. The van der Waals surface area contributed by atoms with E-state index in [2.05, 4.69) is 11.1 Å². The van der Waals surface area contributed by atoms with Gasteiger partial charge in [0.1, 0.15) is 0 Å². The molecule has 96 valence electrons. The second-order valence-corrected chi connectivity index (χ2v) is 5.54. The van der Waals surface area contributed by atoms with Crippen LogP contribution in [0.4, 0.5) is 0 Å². The van der Waals surface area contributed by atoms with Crippen molar-refractivity contribution >= 4 is 5.97 Å². The molecule has 3 rings (SSSR count). The molecule has 2 aliphatic carbocycles. The first-order valence-electron chi connectivity index (χ1n) is 6.49. The van der Waals surface area contributed by atoms with Gasteiger partial charge in [0.15, 0.2) is 0 Å². The highest BCUT2D eigenvalue weighted by molar-refractivity contribution is 5.71. The van der Waals surface area contributed by atoms with Gasteiger partial charge in [-0.1, -0.05) is 6.07 Å². The molecule has 1 unspecified atom stereocenters. The second kappa shape index (κ2) is 4.05. The lowest BCUT2D eigenvalue weighted by Crippen LogP contribution is -2.52. The number of pyridine rings is 1. The lowest BCUT2D eigenvalue weighted by Gasteiger charge is -2.48. The van der Waals surface area contributed by atoms with E-state index in [0.717, 1.165) is 25.0 Å². The second-order valence-electron chi connectivity index (χ2n) is 5.54. The summed E-state index contributed by atoms with van der Waals surface area (Å²) in [5, 5.41) is 19.5. The van der Waals surface area contributed by atoms with Crippen LogP contribution in [-0.4, -0.2) is 26.8 Å². The summed E-state index contributed by atoms with van der Waals surface area (Å²) < 4.78 is 0. The highest BCUT2D eigenvalue weighted by Gasteiger charge is 2.52. The Kier molecular flexibility index (Phi) is 2.63. The van der Waals surface area contributed by atoms with Crippen molar-refractivity contribution in [3.63, 3.8) is 0 Å². The molecule has 0 spiro atoms. The number of hydrogen-bond donors (Lipinski definition) is 2. The van der Waals surface area contributed by atoms with Crippen LogP contribution in [0.15, 0.2) is 18.3 Å². The highest BCUT2D eigenvalue weighted by atomic mass is 16.4. The van der Waals surface area contributed by atoms with Crippen LogP contribution in [0.1, 0.15) is 42.9 Å². The maximum Gasteiger partial charge on any atom is 0.306 e. The van der Waals surface area contributed by atoms with Crippen LogP contribution >= 0.6 is 0 Å². The SMILES string of the molecule is O=C(O)C1CC(O)(C2CCCc3cccnc32)C1. The minimum Gasteiger partial charge on any atom is -0.481 e. The number of hydrogen-bond acceptors (Lipinski definition) is 3. The van der Waals surface area contributed by atoms with E-state index in [1.807, 2.05) is 6.07 Å². The molecule has 0 aromatic carbocycles. The van der Waals surface area contributed by atoms with Gasteiger partial charge in [-0.05, 0) is 43.7 Å². The zero-order chi connectivity index (χ0) is 12.8. The molecule has 0 radical (unpaired) electrons. The first-order chi connectivity index (χ1) is 8.60. The first-order valence-corrected chi connectivity index (χ1v) is 6.49. The summed E-state index contributed by atoms with van der Waals surface area (Å²) in [7, 11) is 0. The normalized spacial score (nSPS) is 34.5. The van der Waals surface area contributed by atoms with Crippen LogP contribution in [0.5, 0.6) is 0 Å². The van der Waals surface area contributed by atoms with Crippen molar-refractivity contribution in [3.05, 3.63) is 29.6 Å². The van der Waals surface area contributed by atoms with Crippen molar-refractivity contribution in [1.82, 2.24) is 4.98 Å². The number of nitrogens with zero attached hydrogens (tertiary/aromatic N) is 1. The summed E-state index contributed by atoms with van der Waals surface area (Å²) in [5.41, 5.74) is 1.34. The minimum atomic E-state index is -0.855. The smallest absolute Gasteiger partial charge is 0.306 e. The predicted molar refractivity (Wildman–Crippen MR) is 65.2 cm³/mol. The largest absolute Gasteiger partial charge is 0.481 e. The molecular weight excluding hydrogens is 230 g/mol. The topological polar surface area (TPSA) is 70.4 Å². The number of aliphatic hydroxyl groups is 1. The Morgan fingerprint density at radius 2 is 2.22 bits per heavy atom. The lowest BCUT2D eigenvalue weighted by molar-refractivity contribution is -0.162. The van der Waals surface area contributed by atoms with Gasteiger partial charge in [0, 0.05) is 17.8 Å². The van der Waals surface area contributed by atoms with Crippen LogP contribution < -0.4 is 0 Å². The van der Waals surface area contributed by atoms with Gasteiger partial charge >= 0.3 is 5.97 Å². The lowest BCUT2D eigenvalue weighted by atomic mass is 9.61. The third-order valence-electron chi connectivity index (χ3n) is 4.39. The Labute approximate surface area is 106 Å². The van der Waals surface area contributed by atoms with Crippen LogP contribution in [0.2, 0.25) is 0 Å². The maximum absolute atomic E-state index is 10.9. The molecule has 0 aliphatic heterocycles. The zero-order valence-electron chi connectivity index (χ0n) is 10.2. The van der Waals surface area contributed by atoms with Gasteiger partial charge in [0.05, 0.1) is 11.5 Å². The highest BCUT2D eigenvalue weighted by Crippen LogP contribution is 2.50. The molecule has 1 heterocycles. The van der Waals surface area contributed by atoms with E-state index in [-0.39, 0.29) is 11.8 Å². The molecule has 1 aromatic rings. The molecule has 0 amide bonds. The average Bonchev–Trinajstić information content (AvgIpc) is 2.34. The third-order valence-corrected chi connectivity index (χ3v) is 4.39. The Hall–Kier alpha value is -1.42. The summed E-state index contributed by atoms with van der Waals surface area (Å²) in [6, 6.07) is 3.98. The van der Waals surface area contributed by atoms with E-state index in [1.54, 1.807) is 6.20 Å². The van der Waals surface area contributed by atoms with Crippen molar-refractivity contribution in [2.45, 2.75) is 43.6 Å². The van der Waals surface area contributed by atoms with Gasteiger partial charge in [-0.25, -0.2) is 0 Å². The fraction of sp³-hybridized carbons (Fsp3) is 0.571. The number of carboxylic acids is 1. The predicted octanol–water partition coefficient (Wildman–Crippen LogP) is 1.73. The van der Waals surface area contributed by atoms with Crippen molar-refractivity contribution in [1.29, 1.82) is 0 Å². The Bertz CT molecular complexity index is 480. The van der Waals surface area contributed by atoms with E-state index in [0.29, 0.717) is 12.8 Å². The zero-order valence-corrected chi connectivity index (χ0v) is 10.2. The molecule has 4 heteroatoms. The number of fused-ring (bicyclic) bond motifs is 1. The molecule has 1 fully saturated rings. The van der Waals surface area contributed by atoms with Gasteiger partial charge in [-0.2, -0.15) is 0 Å². The Balaban J connectivity index is 1.85. The van der Waals surface area contributed by atoms with Crippen molar-refractivity contribution in [2.24, 2.45) is 5.92 Å². The fourth-order valence-corrected chi connectivity index (χ4v) is 3.39. The molecule has 0 saturated heterocycles. The van der Waals surface area contributed by atoms with Gasteiger partial charge in [0.2, 0.25) is 0 Å². The van der Waals surface area contributed by atoms with Crippen LogP contribution in [0, 0.1) is 5.92 Å². The molecule has 1 saturated carbocycles. The van der Waals surface area contributed by atoms with Crippen LogP contribution in [-0.2, 0) is 11.2 Å². The number of rotatable bonds is 2. The number of carbonyl (C=O) groups is 1. The Morgan fingerprint density at radius 3 is 2.94 bits per heavy atom. The summed E-state index contributed by atoms with van der Waals surface area (Å²) in [6.07, 6.45) is 5.45. The molecule has 18 heavy (non-hydrogen) atoms. The summed E-state index contributed by atoms with van der Waals surface area (Å²) in [5.74, 6) is -1.17. The van der Waals surface area contributed by atoms with E-state index in [4.69, 9.17) is 5.11 Å². The van der Waals surface area contributed by atoms with Gasteiger partial charge in [0.25, 0.3) is 0 Å². The standard InChI is InChI=1S/C14H17NO3/c16-13(17)10-7-14(18,8-10)11-5-1-3-9-4-2-6-15-12(9)11/h2,4,6,10-11,18H,1,3,5,7-8H2,(H,16,17). The van der Waals surface area contributed by atoms with Gasteiger partial charge in [-0.3, -0.25) is 9.78 Å². The van der Waals surface area contributed by atoms with Crippen molar-refractivity contribution in [2.75, 3.05) is 0 Å². The Morgan fingerprint density at radius 1 is 1.44 bits per heavy atom. The third kappa shape index (κ3) is 1.72. The average molecular weight is 247 g/mol. The first kappa shape index (κ1) is 11.7. The summed E-state index contributed by atoms with van der Waals surface area (Å²) in [4.78, 5) is 15.3. The van der Waals surface area contributed by atoms with E-state index >= 15 is 0 Å². The minimum absolute atomic E-state index is 0.0121. The molecule has 2 N–H and O–H groups in total. The van der Waals surface area contributed by atoms with Gasteiger partial charge < -0.3 is 10.2 Å². The van der Waals surface area contributed by atoms with E-state index < -0.39 is 11.6 Å². The molecule has 0 bridgehead atoms. The monoisotopic (exact) mass is 247 g/mol. The van der Waals surface area contributed by atoms with Crippen LogP contribution in [0.25, 0.3) is 0 Å². The number of aryl methyl sites for hydroxylation is 1. The van der Waals surface area contributed by atoms with Crippen molar-refractivity contribution < 1.29 is 15.0 Å². The van der Waals surface area contributed by atoms with Crippen LogP contribution in [0.3, 0.4) is 0 Å². The number of aliphatic carboxylic acids is 1.